The lowest BCUT2D eigenvalue weighted by Crippen LogP contribution is -2.35. The molecule has 0 aliphatic rings. The molecule has 0 unspecified atom stereocenters. The summed E-state index contributed by atoms with van der Waals surface area (Å²) in [5.74, 6) is 0.693. The number of benzene rings is 8. The number of nitrogen functional groups attached to an aromatic ring is 6. The Labute approximate surface area is 877 Å². The third kappa shape index (κ3) is 50.7. The van der Waals surface area contributed by atoms with Crippen molar-refractivity contribution in [1.29, 1.82) is 0 Å². The highest BCUT2D eigenvalue weighted by Crippen LogP contribution is 2.36. The van der Waals surface area contributed by atoms with Crippen LogP contribution in [0.3, 0.4) is 0 Å². The first-order valence-electron chi connectivity index (χ1n) is 48.2. The van der Waals surface area contributed by atoms with E-state index in [0.717, 1.165) is 16.2 Å². The summed E-state index contributed by atoms with van der Waals surface area (Å²) in [5, 5.41) is 101. The lowest BCUT2D eigenvalue weighted by molar-refractivity contribution is 0.0524. The number of nitrogens with zero attached hydrogens (tertiary/aromatic N) is 6. The van der Waals surface area contributed by atoms with E-state index in [2.05, 4.69) is 0 Å². The molecule has 8 aromatic carbocycles. The molecule has 0 aromatic heterocycles. The van der Waals surface area contributed by atoms with Crippen LogP contribution in [0.15, 0.2) is 163 Å². The monoisotopic (exact) mass is 2220 g/mol. The zero-order valence-corrected chi connectivity index (χ0v) is 91.3. The second-order valence-corrected chi connectivity index (χ2v) is 45.8. The van der Waals surface area contributed by atoms with Gasteiger partial charge in [0.25, 0.3) is 0 Å². The van der Waals surface area contributed by atoms with Crippen molar-refractivity contribution < 1.29 is 154 Å². The minimum Gasteiger partial charge on any atom is -0.495 e. The normalized spacial score (nSPS) is 11.9. The Morgan fingerprint density at radius 2 is 0.517 bits per heavy atom. The quantitative estimate of drug-likeness (QED) is 0.0177. The van der Waals surface area contributed by atoms with Crippen LogP contribution in [0.5, 0.6) is 23.0 Å². The van der Waals surface area contributed by atoms with Crippen molar-refractivity contribution in [2.45, 2.75) is 50.1 Å². The maximum absolute atomic E-state index is 12.9. The standard InChI is InChI=1S/C18H32N2O8S.C18H32N2O7S.C16H28N2O6S.2C16H22N2O4S.C14H24N2O4S/c1-25-16-14-18(17(26-2)13-15(16)19)29(23,24)12-5-20(3-8-27-10-6-21)4-9-28-11-7-22;1-15-13-16(19)17(25-2)14-18(15)28(23,24)12-5-20(3-8-26-10-6-21)4-9-27-11-7-22;17-15-1-3-16(4-2-15)25(21,22)14-7-18(5-10-23-12-8-19)6-11-24-13-9-20;17-15-3-1-14-12-16(4-2-13(14)11-15)23(21,22)10-7-18(5-8-19)6-9-20;17-14-5-4-13-2-1-3-16(15(13)12-14)23(21,22)11-8-18(6-9-19)7-10-20;1-4-16(5-7-17)6-8-21(18,19)14-10-13(20-3)12(15)9-11(14)2/h13-14,21-22H,3-12,19H2,1-2H3;13-14,21-22H,3-12,19H2,1-2H3;1-4,19-20H,5-14,17H2;1-4,11-12,19-20H,5-10,17H2;1-5,12,19-20H,6-11,17H2;9-10,17H,4-8,15H2,1-3H3. The highest BCUT2D eigenvalue weighted by molar-refractivity contribution is 7.93. The van der Waals surface area contributed by atoms with Crippen molar-refractivity contribution in [3.05, 3.63) is 145 Å². The lowest BCUT2D eigenvalue weighted by atomic mass is 10.1. The van der Waals surface area contributed by atoms with E-state index in [1.54, 1.807) is 115 Å². The van der Waals surface area contributed by atoms with Crippen LogP contribution >= 0.6 is 0 Å². The SMILES string of the molecule is CCN(CCO)CCS(=O)(=O)c1cc(OC)c(N)cc1C.COc1cc(S(=O)(=O)CCN(CCOCCO)CCOCCO)c(C)cc1N.COc1cc(S(=O)(=O)CCN(CCOCCO)CCOCCO)c(OC)cc1N.Nc1ccc(S(=O)(=O)CCN(CCOCCO)CCOCCO)cc1.Nc1ccc2cc(S(=O)(=O)CCN(CCO)CCO)ccc2c1.Nc1ccc2cccc(S(=O)(=O)CCN(CCO)CCO)c2c1. The number of hydrogen-bond acceptors (Lipinski definition) is 45. The summed E-state index contributed by atoms with van der Waals surface area (Å²) in [6.45, 7) is 15.6. The number of aliphatic hydroxyl groups is 11. The second kappa shape index (κ2) is 73.4. The smallest absolute Gasteiger partial charge is 0.183 e. The van der Waals surface area contributed by atoms with Crippen molar-refractivity contribution in [3.63, 3.8) is 0 Å². The van der Waals surface area contributed by atoms with Gasteiger partial charge in [0.05, 0.1) is 256 Å². The molecule has 8 aromatic rings. The Balaban J connectivity index is 0.000000460. The number of fused-ring (bicyclic) bond motifs is 2. The Hall–Kier alpha value is -8.94. The van der Waals surface area contributed by atoms with Crippen LogP contribution < -0.4 is 53.3 Å². The number of sulfone groups is 6. The van der Waals surface area contributed by atoms with Gasteiger partial charge in [-0.25, -0.2) is 50.5 Å². The largest absolute Gasteiger partial charge is 0.495 e. The molecule has 0 bridgehead atoms. The van der Waals surface area contributed by atoms with Crippen molar-refractivity contribution >= 4 is 115 Å². The number of methoxy groups -OCH3 is 4. The number of anilines is 6. The van der Waals surface area contributed by atoms with Gasteiger partial charge < -0.3 is 143 Å². The predicted molar refractivity (Wildman–Crippen MR) is 575 cm³/mol. The van der Waals surface area contributed by atoms with Gasteiger partial charge in [-0.1, -0.05) is 37.3 Å². The Morgan fingerprint density at radius 3 is 0.866 bits per heavy atom. The van der Waals surface area contributed by atoms with Gasteiger partial charge in [0.2, 0.25) is 0 Å². The summed E-state index contributed by atoms with van der Waals surface area (Å²) >= 11 is 0. The van der Waals surface area contributed by atoms with Crippen LogP contribution in [-0.4, -0.2) is 469 Å². The van der Waals surface area contributed by atoms with Gasteiger partial charge in [-0.05, 0) is 127 Å². The summed E-state index contributed by atoms with van der Waals surface area (Å²) < 4.78 is 204. The number of aliphatic hydroxyl groups excluding tert-OH is 11. The number of aryl methyl sites for hydroxylation is 2. The first kappa shape index (κ1) is 134. The van der Waals surface area contributed by atoms with E-state index in [4.69, 9.17) is 138 Å². The van der Waals surface area contributed by atoms with Crippen LogP contribution in [0.25, 0.3) is 21.5 Å². The molecule has 0 fully saturated rings. The fourth-order valence-electron chi connectivity index (χ4n) is 14.3. The summed E-state index contributed by atoms with van der Waals surface area (Å²) in [7, 11) is -15.3. The Morgan fingerprint density at radius 1 is 0.242 bits per heavy atom. The number of hydrogen-bond donors (Lipinski definition) is 17. The molecule has 0 saturated heterocycles. The molecular formula is C98H160N12O33S6. The Kier molecular flexibility index (Phi) is 66.1. The summed E-state index contributed by atoms with van der Waals surface area (Å²) in [5.41, 5.74) is 38.5. The molecule has 0 amide bonds. The van der Waals surface area contributed by atoms with Gasteiger partial charge in [0.1, 0.15) is 27.9 Å². The van der Waals surface area contributed by atoms with Crippen LogP contribution in [0.1, 0.15) is 18.1 Å². The highest BCUT2D eigenvalue weighted by atomic mass is 32.2. The molecule has 0 heterocycles. The third-order valence-electron chi connectivity index (χ3n) is 22.5. The number of ether oxygens (including phenoxy) is 10. The van der Waals surface area contributed by atoms with Gasteiger partial charge in [-0.2, -0.15) is 0 Å². The molecule has 846 valence electrons. The fraction of sp³-hybridized carbons (Fsp3) is 0.551. The number of likely N-dealkylation sites (N-methyl/N-ethyl adjacent to an activating group) is 1. The second-order valence-electron chi connectivity index (χ2n) is 33.2. The molecule has 23 N–H and O–H groups in total. The van der Waals surface area contributed by atoms with E-state index in [0.29, 0.717) is 194 Å². The molecule has 0 spiro atoms. The van der Waals surface area contributed by atoms with E-state index in [1.165, 1.54) is 64.8 Å². The van der Waals surface area contributed by atoms with Gasteiger partial charge in [0, 0.05) is 158 Å². The average Bonchev–Trinajstić information content (AvgIpc) is 0.789. The van der Waals surface area contributed by atoms with Crippen LogP contribution in [-0.2, 0) is 87.4 Å². The van der Waals surface area contributed by atoms with Gasteiger partial charge in [-0.15, -0.1) is 0 Å². The molecule has 45 nitrogen and oxygen atoms in total. The molecule has 51 heteroatoms. The average molecular weight is 2230 g/mol. The zero-order chi connectivity index (χ0) is 111. The highest BCUT2D eigenvalue weighted by Gasteiger charge is 2.28. The first-order valence-corrected chi connectivity index (χ1v) is 58.1. The van der Waals surface area contributed by atoms with Crippen molar-refractivity contribution in [2.24, 2.45) is 0 Å². The van der Waals surface area contributed by atoms with Gasteiger partial charge in [0.15, 0.2) is 59.0 Å². The van der Waals surface area contributed by atoms with E-state index in [9.17, 15) is 50.5 Å². The van der Waals surface area contributed by atoms with Gasteiger partial charge in [-0.3, -0.25) is 24.5 Å². The maximum Gasteiger partial charge on any atom is 0.183 e. The van der Waals surface area contributed by atoms with Crippen molar-refractivity contribution in [2.75, 3.05) is 367 Å². The third-order valence-corrected chi connectivity index (χ3v) is 33.0. The van der Waals surface area contributed by atoms with Gasteiger partial charge >= 0.3 is 0 Å². The van der Waals surface area contributed by atoms with E-state index in [1.807, 2.05) is 32.6 Å². The van der Waals surface area contributed by atoms with E-state index >= 15 is 0 Å². The lowest BCUT2D eigenvalue weighted by Gasteiger charge is -2.22. The maximum atomic E-state index is 12.9. The summed E-state index contributed by atoms with van der Waals surface area (Å²) in [6, 6.07) is 35.7. The molecule has 0 aliphatic carbocycles. The zero-order valence-electron chi connectivity index (χ0n) is 86.4. The molecule has 8 rings (SSSR count). The predicted octanol–water partition coefficient (Wildman–Crippen LogP) is 0.0594. The van der Waals surface area contributed by atoms with Crippen molar-refractivity contribution in [1.82, 2.24) is 29.4 Å². The first-order chi connectivity index (χ1) is 71.0. The summed E-state index contributed by atoms with van der Waals surface area (Å²) in [4.78, 5) is 12.3. The topological polar surface area (TPSA) is 695 Å². The molecule has 0 radical (unpaired) electrons. The van der Waals surface area contributed by atoms with Crippen LogP contribution in [0.2, 0.25) is 0 Å². The molecule has 0 atom stereocenters. The molecule has 0 aliphatic heterocycles. The van der Waals surface area contributed by atoms with E-state index < -0.39 is 59.0 Å². The minimum absolute atomic E-state index is 0.00521. The number of nitrogens with two attached hydrogens (primary N) is 6. The number of rotatable bonds is 69. The fourth-order valence-corrected chi connectivity index (χ4v) is 23.0. The summed E-state index contributed by atoms with van der Waals surface area (Å²) in [6.07, 6.45) is 0. The van der Waals surface area contributed by atoms with Crippen molar-refractivity contribution in [3.8, 4) is 23.0 Å². The van der Waals surface area contributed by atoms with Crippen LogP contribution in [0, 0.1) is 13.8 Å². The van der Waals surface area contributed by atoms with E-state index in [-0.39, 0.29) is 213 Å². The Bertz CT molecular complexity index is 5810. The van der Waals surface area contributed by atoms with Crippen LogP contribution in [0.4, 0.5) is 34.1 Å². The molecule has 0 saturated carbocycles. The molecular weight excluding hydrogens is 2070 g/mol. The molecule has 149 heavy (non-hydrogen) atoms. The minimum atomic E-state index is -3.68.